The van der Waals surface area contributed by atoms with Crippen LogP contribution in [-0.4, -0.2) is 43.2 Å². The second-order valence-electron chi connectivity index (χ2n) is 6.96. The van der Waals surface area contributed by atoms with Crippen molar-refractivity contribution in [3.05, 3.63) is 59.5 Å². The van der Waals surface area contributed by atoms with E-state index in [4.69, 9.17) is 0 Å². The molecule has 0 saturated carbocycles. The van der Waals surface area contributed by atoms with E-state index in [2.05, 4.69) is 32.5 Å². The SMILES string of the molecule is CCNC(=NCC#Cc1cccc(C(F)(F)F)c1)NC1CCN(c2ncccc2F)C1.I. The maximum Gasteiger partial charge on any atom is 0.416 e. The normalized spacial score (nSPS) is 16.1. The zero-order valence-electron chi connectivity index (χ0n) is 17.4. The van der Waals surface area contributed by atoms with Gasteiger partial charge in [-0.1, -0.05) is 17.9 Å². The Kier molecular flexibility index (Phi) is 9.56. The molecular weight excluding hydrogens is 537 g/mol. The number of nitrogens with zero attached hydrogens (tertiary/aromatic N) is 3. The van der Waals surface area contributed by atoms with Crippen LogP contribution < -0.4 is 15.5 Å². The van der Waals surface area contributed by atoms with Crippen LogP contribution in [0.15, 0.2) is 47.6 Å². The van der Waals surface area contributed by atoms with E-state index in [0.29, 0.717) is 31.4 Å². The molecule has 0 spiro atoms. The standard InChI is InChI=1S/C22H23F4N5.HI/c1-2-27-21(29-12-4-7-16-6-3-8-17(14-16)22(24,25)26)30-18-10-13-31(15-18)20-19(23)9-5-11-28-20;/h3,5-6,8-9,11,14,18H,2,10,12-13,15H2,1H3,(H2,27,29,30);1H. The molecule has 5 nitrogen and oxygen atoms in total. The maximum atomic E-state index is 13.9. The fourth-order valence-electron chi connectivity index (χ4n) is 3.23. The highest BCUT2D eigenvalue weighted by molar-refractivity contribution is 14.0. The number of hydrogen-bond acceptors (Lipinski definition) is 3. The number of benzene rings is 1. The van der Waals surface area contributed by atoms with Crippen molar-refractivity contribution in [3.63, 3.8) is 0 Å². The van der Waals surface area contributed by atoms with Gasteiger partial charge in [0.2, 0.25) is 0 Å². The van der Waals surface area contributed by atoms with Gasteiger partial charge in [-0.05, 0) is 43.7 Å². The second-order valence-corrected chi connectivity index (χ2v) is 6.96. The number of halogens is 5. The lowest BCUT2D eigenvalue weighted by Gasteiger charge is -2.19. The maximum absolute atomic E-state index is 13.9. The molecule has 1 fully saturated rings. The van der Waals surface area contributed by atoms with Gasteiger partial charge >= 0.3 is 6.18 Å². The van der Waals surface area contributed by atoms with Gasteiger partial charge in [0.05, 0.1) is 5.56 Å². The van der Waals surface area contributed by atoms with Crippen molar-refractivity contribution in [3.8, 4) is 11.8 Å². The van der Waals surface area contributed by atoms with Crippen LogP contribution in [0.2, 0.25) is 0 Å². The third-order valence-electron chi connectivity index (χ3n) is 4.65. The lowest BCUT2D eigenvalue weighted by Crippen LogP contribution is -2.44. The van der Waals surface area contributed by atoms with Crippen LogP contribution in [0, 0.1) is 17.7 Å². The molecule has 0 aliphatic carbocycles. The average Bonchev–Trinajstić information content (AvgIpc) is 3.19. The van der Waals surface area contributed by atoms with Crippen LogP contribution in [0.1, 0.15) is 24.5 Å². The van der Waals surface area contributed by atoms with E-state index in [0.717, 1.165) is 18.6 Å². The summed E-state index contributed by atoms with van der Waals surface area (Å²) < 4.78 is 52.3. The summed E-state index contributed by atoms with van der Waals surface area (Å²) >= 11 is 0. The number of pyridine rings is 1. The summed E-state index contributed by atoms with van der Waals surface area (Å²) in [5, 5.41) is 6.41. The first kappa shape index (κ1) is 25.7. The Morgan fingerprint density at radius 1 is 1.28 bits per heavy atom. The van der Waals surface area contributed by atoms with E-state index in [9.17, 15) is 17.6 Å². The highest BCUT2D eigenvalue weighted by atomic mass is 127. The minimum atomic E-state index is -4.40. The van der Waals surface area contributed by atoms with Gasteiger partial charge in [0.25, 0.3) is 0 Å². The number of guanidine groups is 1. The molecule has 0 radical (unpaired) electrons. The molecule has 172 valence electrons. The number of rotatable bonds is 4. The Morgan fingerprint density at radius 2 is 2.09 bits per heavy atom. The van der Waals surface area contributed by atoms with Crippen LogP contribution in [0.4, 0.5) is 23.4 Å². The van der Waals surface area contributed by atoms with Crippen LogP contribution >= 0.6 is 24.0 Å². The van der Waals surface area contributed by atoms with Crippen molar-refractivity contribution in [2.24, 2.45) is 4.99 Å². The van der Waals surface area contributed by atoms with Crippen molar-refractivity contribution in [1.29, 1.82) is 0 Å². The van der Waals surface area contributed by atoms with Crippen molar-refractivity contribution in [2.45, 2.75) is 25.6 Å². The monoisotopic (exact) mass is 561 g/mol. The molecule has 0 amide bonds. The molecule has 3 rings (SSSR count). The summed E-state index contributed by atoms with van der Waals surface area (Å²) in [5.41, 5.74) is -0.445. The summed E-state index contributed by atoms with van der Waals surface area (Å²) in [6.45, 7) is 3.93. The van der Waals surface area contributed by atoms with Crippen LogP contribution in [-0.2, 0) is 6.18 Å². The Bertz CT molecular complexity index is 984. The van der Waals surface area contributed by atoms with Crippen molar-refractivity contribution in [1.82, 2.24) is 15.6 Å². The number of anilines is 1. The first-order valence-electron chi connectivity index (χ1n) is 9.93. The Morgan fingerprint density at radius 3 is 2.81 bits per heavy atom. The third-order valence-corrected chi connectivity index (χ3v) is 4.65. The van der Waals surface area contributed by atoms with Gasteiger partial charge in [-0.15, -0.1) is 24.0 Å². The Hall–Kier alpha value is -2.55. The molecule has 2 heterocycles. The minimum absolute atomic E-state index is 0. The summed E-state index contributed by atoms with van der Waals surface area (Å²) in [4.78, 5) is 10.4. The molecule has 1 unspecified atom stereocenters. The first-order chi connectivity index (χ1) is 14.9. The Labute approximate surface area is 201 Å². The summed E-state index contributed by atoms with van der Waals surface area (Å²) in [6.07, 6.45) is -2.05. The first-order valence-corrected chi connectivity index (χ1v) is 9.93. The number of alkyl halides is 3. The van der Waals surface area contributed by atoms with E-state index in [1.54, 1.807) is 12.3 Å². The van der Waals surface area contributed by atoms with Gasteiger partial charge in [0.15, 0.2) is 17.6 Å². The third kappa shape index (κ3) is 7.25. The summed E-state index contributed by atoms with van der Waals surface area (Å²) in [7, 11) is 0. The lowest BCUT2D eigenvalue weighted by molar-refractivity contribution is -0.137. The van der Waals surface area contributed by atoms with E-state index >= 15 is 0 Å². The molecule has 1 saturated heterocycles. The molecule has 32 heavy (non-hydrogen) atoms. The number of aliphatic imine (C=N–C) groups is 1. The number of aromatic nitrogens is 1. The molecule has 2 N–H and O–H groups in total. The molecule has 1 atom stereocenters. The second kappa shape index (κ2) is 11.9. The minimum Gasteiger partial charge on any atom is -0.357 e. The zero-order chi connectivity index (χ0) is 22.3. The highest BCUT2D eigenvalue weighted by Crippen LogP contribution is 2.29. The smallest absolute Gasteiger partial charge is 0.357 e. The van der Waals surface area contributed by atoms with Crippen LogP contribution in [0.3, 0.4) is 0 Å². The molecule has 1 aliphatic rings. The van der Waals surface area contributed by atoms with E-state index in [-0.39, 0.29) is 47.9 Å². The summed E-state index contributed by atoms with van der Waals surface area (Å²) in [5.74, 6) is 6.02. The molecule has 0 bridgehead atoms. The van der Waals surface area contributed by atoms with E-state index in [1.165, 1.54) is 18.2 Å². The number of nitrogens with one attached hydrogen (secondary N) is 2. The van der Waals surface area contributed by atoms with Gasteiger partial charge in [-0.25, -0.2) is 14.4 Å². The van der Waals surface area contributed by atoms with Gasteiger partial charge in [0, 0.05) is 37.4 Å². The highest BCUT2D eigenvalue weighted by Gasteiger charge is 2.30. The molecule has 2 aromatic rings. The Balaban J connectivity index is 0.00000363. The lowest BCUT2D eigenvalue weighted by atomic mass is 10.1. The molecule has 10 heteroatoms. The predicted molar refractivity (Wildman–Crippen MR) is 128 cm³/mol. The fourth-order valence-corrected chi connectivity index (χ4v) is 3.23. The molecule has 1 aliphatic heterocycles. The van der Waals surface area contributed by atoms with Gasteiger partial charge in [-0.3, -0.25) is 0 Å². The van der Waals surface area contributed by atoms with E-state index in [1.807, 2.05) is 11.8 Å². The summed E-state index contributed by atoms with van der Waals surface area (Å²) in [6, 6.07) is 7.88. The average molecular weight is 561 g/mol. The number of hydrogen-bond donors (Lipinski definition) is 2. The van der Waals surface area contributed by atoms with Crippen molar-refractivity contribution < 1.29 is 17.6 Å². The molecule has 1 aromatic heterocycles. The largest absolute Gasteiger partial charge is 0.416 e. The zero-order valence-corrected chi connectivity index (χ0v) is 19.7. The molecular formula is C22H24F4IN5. The topological polar surface area (TPSA) is 52.6 Å². The van der Waals surface area contributed by atoms with Crippen molar-refractivity contribution in [2.75, 3.05) is 31.1 Å². The van der Waals surface area contributed by atoms with Gasteiger partial charge in [-0.2, -0.15) is 13.2 Å². The van der Waals surface area contributed by atoms with Crippen molar-refractivity contribution >= 4 is 35.8 Å². The van der Waals surface area contributed by atoms with Crippen LogP contribution in [0.5, 0.6) is 0 Å². The van der Waals surface area contributed by atoms with Gasteiger partial charge < -0.3 is 15.5 Å². The van der Waals surface area contributed by atoms with Crippen LogP contribution in [0.25, 0.3) is 0 Å². The van der Waals surface area contributed by atoms with Gasteiger partial charge in [0.1, 0.15) is 6.54 Å². The quantitative estimate of drug-likeness (QED) is 0.195. The van der Waals surface area contributed by atoms with E-state index < -0.39 is 11.7 Å². The predicted octanol–water partition coefficient (Wildman–Crippen LogP) is 4.04. The fraction of sp³-hybridized carbons (Fsp3) is 0.364. The molecule has 1 aromatic carbocycles.